The lowest BCUT2D eigenvalue weighted by molar-refractivity contribution is -0.136. The SMILES string of the molecule is Cc1cc(CCC(=O)O)nn1Cc1cc(Cl)ccc1COCc1ccc(Cl)cc1. The topological polar surface area (TPSA) is 64.3 Å². The molecule has 0 atom stereocenters. The molecular formula is C22H22Cl2N2O3. The number of aromatic nitrogens is 2. The van der Waals surface area contributed by atoms with Gasteiger partial charge in [0.25, 0.3) is 0 Å². The fraction of sp³-hybridized carbons (Fsp3) is 0.273. The maximum absolute atomic E-state index is 10.8. The van der Waals surface area contributed by atoms with Crippen LogP contribution in [0.3, 0.4) is 0 Å². The first-order valence-electron chi connectivity index (χ1n) is 9.25. The van der Waals surface area contributed by atoms with E-state index in [1.165, 1.54) is 0 Å². The van der Waals surface area contributed by atoms with Crippen molar-refractivity contribution in [3.05, 3.63) is 86.7 Å². The number of carboxylic acids is 1. The lowest BCUT2D eigenvalue weighted by Crippen LogP contribution is -2.08. The van der Waals surface area contributed by atoms with Crippen molar-refractivity contribution >= 4 is 29.2 Å². The summed E-state index contributed by atoms with van der Waals surface area (Å²) in [6, 6.07) is 15.2. The average Bonchev–Trinajstić information content (AvgIpc) is 3.03. The number of carboxylic acid groups (broad SMARTS) is 1. The van der Waals surface area contributed by atoms with Crippen LogP contribution in [0.25, 0.3) is 0 Å². The molecule has 0 saturated carbocycles. The summed E-state index contributed by atoms with van der Waals surface area (Å²) in [7, 11) is 0. The Morgan fingerprint density at radius 1 is 1.03 bits per heavy atom. The third-order valence-electron chi connectivity index (χ3n) is 4.55. The molecule has 0 amide bonds. The van der Waals surface area contributed by atoms with Gasteiger partial charge in [-0.15, -0.1) is 0 Å². The number of hydrogen-bond acceptors (Lipinski definition) is 3. The fourth-order valence-corrected chi connectivity index (χ4v) is 3.32. The van der Waals surface area contributed by atoms with Gasteiger partial charge in [0.1, 0.15) is 0 Å². The number of carbonyl (C=O) groups is 1. The Morgan fingerprint density at radius 3 is 2.48 bits per heavy atom. The molecule has 1 N–H and O–H groups in total. The Bertz CT molecular complexity index is 984. The van der Waals surface area contributed by atoms with Gasteiger partial charge < -0.3 is 9.84 Å². The number of aliphatic carboxylic acids is 1. The Morgan fingerprint density at radius 2 is 1.76 bits per heavy atom. The number of nitrogens with zero attached hydrogens (tertiary/aromatic N) is 2. The largest absolute Gasteiger partial charge is 0.481 e. The van der Waals surface area contributed by atoms with Crippen molar-refractivity contribution in [1.29, 1.82) is 0 Å². The zero-order chi connectivity index (χ0) is 20.8. The molecule has 5 nitrogen and oxygen atoms in total. The van der Waals surface area contributed by atoms with Gasteiger partial charge in [-0.3, -0.25) is 9.48 Å². The molecule has 1 aromatic heterocycles. The van der Waals surface area contributed by atoms with Crippen molar-refractivity contribution in [2.75, 3.05) is 0 Å². The first-order chi connectivity index (χ1) is 13.9. The van der Waals surface area contributed by atoms with Crippen LogP contribution in [-0.2, 0) is 35.7 Å². The third kappa shape index (κ3) is 6.32. The van der Waals surface area contributed by atoms with Gasteiger partial charge in [0, 0.05) is 22.2 Å². The molecule has 0 saturated heterocycles. The van der Waals surface area contributed by atoms with Crippen molar-refractivity contribution in [2.45, 2.75) is 39.5 Å². The van der Waals surface area contributed by atoms with E-state index >= 15 is 0 Å². The molecule has 0 aliphatic rings. The van der Waals surface area contributed by atoms with Crippen LogP contribution >= 0.6 is 23.2 Å². The Labute approximate surface area is 179 Å². The average molecular weight is 433 g/mol. The molecule has 29 heavy (non-hydrogen) atoms. The van der Waals surface area contributed by atoms with E-state index < -0.39 is 5.97 Å². The highest BCUT2D eigenvalue weighted by Crippen LogP contribution is 2.20. The smallest absolute Gasteiger partial charge is 0.303 e. The Balaban J connectivity index is 1.68. The van der Waals surface area contributed by atoms with Crippen LogP contribution in [0.15, 0.2) is 48.5 Å². The highest BCUT2D eigenvalue weighted by Gasteiger charge is 2.10. The lowest BCUT2D eigenvalue weighted by Gasteiger charge is -2.12. The minimum Gasteiger partial charge on any atom is -0.481 e. The lowest BCUT2D eigenvalue weighted by atomic mass is 10.1. The quantitative estimate of drug-likeness (QED) is 0.499. The van der Waals surface area contributed by atoms with E-state index in [-0.39, 0.29) is 6.42 Å². The van der Waals surface area contributed by atoms with E-state index in [1.54, 1.807) is 0 Å². The van der Waals surface area contributed by atoms with Crippen molar-refractivity contribution < 1.29 is 14.6 Å². The van der Waals surface area contributed by atoms with Gasteiger partial charge in [0.2, 0.25) is 0 Å². The number of halogens is 2. The minimum absolute atomic E-state index is 0.0669. The van der Waals surface area contributed by atoms with Gasteiger partial charge in [-0.25, -0.2) is 0 Å². The zero-order valence-electron chi connectivity index (χ0n) is 16.1. The Kier molecular flexibility index (Phi) is 7.31. The van der Waals surface area contributed by atoms with E-state index in [2.05, 4.69) is 5.10 Å². The van der Waals surface area contributed by atoms with Crippen molar-refractivity contribution in [3.8, 4) is 0 Å². The molecule has 0 radical (unpaired) electrons. The maximum Gasteiger partial charge on any atom is 0.303 e. The summed E-state index contributed by atoms with van der Waals surface area (Å²) < 4.78 is 7.75. The first kappa shape index (κ1) is 21.4. The summed E-state index contributed by atoms with van der Waals surface area (Å²) in [5.41, 5.74) is 4.84. The molecule has 0 unspecified atom stereocenters. The van der Waals surface area contributed by atoms with Crippen LogP contribution in [0.2, 0.25) is 10.0 Å². The molecule has 0 spiro atoms. The zero-order valence-corrected chi connectivity index (χ0v) is 17.6. The third-order valence-corrected chi connectivity index (χ3v) is 5.04. The number of hydrogen-bond donors (Lipinski definition) is 1. The summed E-state index contributed by atoms with van der Waals surface area (Å²) in [6.45, 7) is 3.43. The van der Waals surface area contributed by atoms with Crippen LogP contribution in [0.5, 0.6) is 0 Å². The summed E-state index contributed by atoms with van der Waals surface area (Å²) in [6.07, 6.45) is 0.479. The maximum atomic E-state index is 10.8. The molecular weight excluding hydrogens is 411 g/mol. The van der Waals surface area contributed by atoms with Crippen LogP contribution in [0, 0.1) is 6.92 Å². The molecule has 152 valence electrons. The molecule has 3 aromatic rings. The molecule has 7 heteroatoms. The van der Waals surface area contributed by atoms with Crippen molar-refractivity contribution in [3.63, 3.8) is 0 Å². The highest BCUT2D eigenvalue weighted by molar-refractivity contribution is 6.30. The molecule has 0 fully saturated rings. The molecule has 1 heterocycles. The van der Waals surface area contributed by atoms with Crippen LogP contribution in [0.4, 0.5) is 0 Å². The summed E-state index contributed by atoms with van der Waals surface area (Å²) in [5.74, 6) is -0.827. The van der Waals surface area contributed by atoms with Crippen LogP contribution in [-0.4, -0.2) is 20.9 Å². The molecule has 2 aromatic carbocycles. The summed E-state index contributed by atoms with van der Waals surface area (Å²) in [5, 5.41) is 14.8. The van der Waals surface area contributed by atoms with Gasteiger partial charge in [-0.2, -0.15) is 5.10 Å². The second-order valence-corrected chi connectivity index (χ2v) is 7.73. The highest BCUT2D eigenvalue weighted by atomic mass is 35.5. The molecule has 0 aliphatic heterocycles. The van der Waals surface area contributed by atoms with Gasteiger partial charge in [0.15, 0.2) is 0 Å². The number of benzene rings is 2. The summed E-state index contributed by atoms with van der Waals surface area (Å²) >= 11 is 12.1. The number of ether oxygens (including phenoxy) is 1. The second kappa shape index (κ2) is 9.92. The van der Waals surface area contributed by atoms with E-state index in [1.807, 2.05) is 60.1 Å². The van der Waals surface area contributed by atoms with Gasteiger partial charge >= 0.3 is 5.97 Å². The van der Waals surface area contributed by atoms with E-state index in [4.69, 9.17) is 33.0 Å². The fourth-order valence-electron chi connectivity index (χ4n) is 3.00. The minimum atomic E-state index is -0.827. The number of aryl methyl sites for hydroxylation is 2. The standard InChI is InChI=1S/C22H22Cl2N2O3/c1-15-10-21(8-9-22(27)28)25-26(15)12-18-11-20(24)7-4-17(18)14-29-13-16-2-5-19(23)6-3-16/h2-7,10-11H,8-9,12-14H2,1H3,(H,27,28). The van der Waals surface area contributed by atoms with Crippen LogP contribution < -0.4 is 0 Å². The van der Waals surface area contributed by atoms with Gasteiger partial charge in [-0.1, -0.05) is 41.4 Å². The number of rotatable bonds is 9. The van der Waals surface area contributed by atoms with E-state index in [0.717, 1.165) is 28.1 Å². The van der Waals surface area contributed by atoms with Crippen molar-refractivity contribution in [1.82, 2.24) is 9.78 Å². The first-order valence-corrected chi connectivity index (χ1v) is 10.0. The Hall–Kier alpha value is -2.34. The van der Waals surface area contributed by atoms with Gasteiger partial charge in [0.05, 0.1) is 31.9 Å². The predicted molar refractivity (Wildman–Crippen MR) is 113 cm³/mol. The molecule has 0 bridgehead atoms. The second-order valence-electron chi connectivity index (χ2n) is 6.86. The predicted octanol–water partition coefficient (Wildman–Crippen LogP) is 5.28. The van der Waals surface area contributed by atoms with E-state index in [0.29, 0.717) is 36.2 Å². The van der Waals surface area contributed by atoms with E-state index in [9.17, 15) is 4.79 Å². The molecule has 3 rings (SSSR count). The monoisotopic (exact) mass is 432 g/mol. The molecule has 0 aliphatic carbocycles. The van der Waals surface area contributed by atoms with Crippen LogP contribution in [0.1, 0.15) is 34.5 Å². The summed E-state index contributed by atoms with van der Waals surface area (Å²) in [4.78, 5) is 10.8. The van der Waals surface area contributed by atoms with Crippen molar-refractivity contribution in [2.24, 2.45) is 0 Å². The van der Waals surface area contributed by atoms with Gasteiger partial charge in [-0.05, 0) is 53.9 Å². The normalized spacial score (nSPS) is 11.0.